The number of hydrogen-bond donors (Lipinski definition) is 0. The Balaban J connectivity index is 0.000000728. The summed E-state index contributed by atoms with van der Waals surface area (Å²) in [6.07, 6.45) is 4.61. The molecule has 0 spiro atoms. The van der Waals surface area contributed by atoms with E-state index >= 15 is 0 Å². The highest BCUT2D eigenvalue weighted by Crippen LogP contribution is 2.37. The minimum Gasteiger partial charge on any atom is -1.00 e. The van der Waals surface area contributed by atoms with Gasteiger partial charge in [-0.05, 0) is 55.1 Å². The monoisotopic (exact) mass is 670 g/mol. The van der Waals surface area contributed by atoms with Gasteiger partial charge in [-0.1, -0.05) is 45.5 Å². The van der Waals surface area contributed by atoms with Crippen LogP contribution in [0.4, 0.5) is 0 Å². The van der Waals surface area contributed by atoms with Gasteiger partial charge in [0, 0.05) is 44.2 Å². The molecule has 0 bridgehead atoms. The summed E-state index contributed by atoms with van der Waals surface area (Å²) < 4.78 is 4.36. The van der Waals surface area contributed by atoms with Crippen molar-refractivity contribution in [3.8, 4) is 5.69 Å². The summed E-state index contributed by atoms with van der Waals surface area (Å²) in [4.78, 5) is 16.2. The molecule has 2 aliphatic rings. The molecule has 2 aromatic heterocycles. The molecule has 1 aliphatic carbocycles. The number of alkyl halides is 1. The molecule has 1 unspecified atom stereocenters. The van der Waals surface area contributed by atoms with Crippen LogP contribution in [-0.4, -0.2) is 15.7 Å². The van der Waals surface area contributed by atoms with E-state index in [1.54, 1.807) is 11.8 Å². The van der Waals surface area contributed by atoms with Crippen molar-refractivity contribution >= 4 is 77.5 Å². The van der Waals surface area contributed by atoms with Crippen LogP contribution in [0.25, 0.3) is 15.9 Å². The summed E-state index contributed by atoms with van der Waals surface area (Å²) in [5, 5.41) is 2.97. The van der Waals surface area contributed by atoms with Crippen molar-refractivity contribution in [2.75, 3.05) is 11.1 Å². The van der Waals surface area contributed by atoms with E-state index in [1.165, 1.54) is 28.1 Å². The van der Waals surface area contributed by atoms with E-state index in [-0.39, 0.29) is 22.5 Å². The normalized spacial score (nSPS) is 17.3. The molecule has 1 aromatic carbocycles. The molecule has 0 radical (unpaired) electrons. The molecule has 3 heterocycles. The molecule has 0 amide bonds. The van der Waals surface area contributed by atoms with Gasteiger partial charge < -0.3 is 17.0 Å². The van der Waals surface area contributed by atoms with Crippen LogP contribution in [0.1, 0.15) is 29.3 Å². The molecule has 1 atom stereocenters. The number of fused-ring (bicyclic) bond motifs is 5. The Morgan fingerprint density at radius 1 is 1.14 bits per heavy atom. The largest absolute Gasteiger partial charge is 1.00 e. The summed E-state index contributed by atoms with van der Waals surface area (Å²) in [7, 11) is 0. The van der Waals surface area contributed by atoms with Crippen molar-refractivity contribution in [3.63, 3.8) is 0 Å². The Kier molecular flexibility index (Phi) is 8.29. The second-order valence-corrected chi connectivity index (χ2v) is 9.36. The zero-order valence-electron chi connectivity index (χ0n) is 14.8. The highest BCUT2D eigenvalue weighted by Gasteiger charge is 2.38. The zero-order chi connectivity index (χ0) is 19.0. The van der Waals surface area contributed by atoms with Gasteiger partial charge in [-0.2, -0.15) is 4.57 Å². The van der Waals surface area contributed by atoms with Crippen molar-refractivity contribution in [2.24, 2.45) is 0 Å². The number of halogens is 4. The molecule has 0 N–H and O–H groups in total. The molecule has 28 heavy (non-hydrogen) atoms. The second-order valence-electron chi connectivity index (χ2n) is 6.64. The van der Waals surface area contributed by atoms with Gasteiger partial charge >= 0.3 is 10.7 Å². The van der Waals surface area contributed by atoms with Gasteiger partial charge in [-0.25, -0.2) is 9.36 Å². The molecule has 3 nitrogen and oxygen atoms in total. The molecule has 0 saturated heterocycles. The van der Waals surface area contributed by atoms with Crippen LogP contribution in [0.3, 0.4) is 0 Å². The number of para-hydroxylation sites is 1. The van der Waals surface area contributed by atoms with Crippen LogP contribution in [0, 0.1) is 0 Å². The maximum absolute atomic E-state index is 13.5. The maximum atomic E-state index is 13.5. The quantitative estimate of drug-likeness (QED) is 0.238. The van der Waals surface area contributed by atoms with E-state index in [0.717, 1.165) is 40.2 Å². The van der Waals surface area contributed by atoms with Gasteiger partial charge in [-0.3, -0.25) is 0 Å². The SMILES string of the molecule is BrBr.O=c1c2c3c(sc2[n+]2c(n1-c1ccccc1)SCC2CBr)CCCC3.[Br-]. The topological polar surface area (TPSA) is 25.9 Å². The second kappa shape index (κ2) is 10.1. The van der Waals surface area contributed by atoms with E-state index in [2.05, 4.69) is 48.8 Å². The van der Waals surface area contributed by atoms with Crippen LogP contribution >= 0.6 is 67.3 Å². The van der Waals surface area contributed by atoms with Crippen molar-refractivity contribution in [1.29, 1.82) is 0 Å². The Morgan fingerprint density at radius 3 is 2.57 bits per heavy atom. The van der Waals surface area contributed by atoms with Crippen molar-refractivity contribution < 1.29 is 21.5 Å². The summed E-state index contributed by atoms with van der Waals surface area (Å²) in [5.74, 6) is 1.01. The highest BCUT2D eigenvalue weighted by atomic mass is 80.9. The number of nitrogens with zero attached hydrogens (tertiary/aromatic N) is 2. The number of thioether (sulfide) groups is 1. The number of benzene rings is 1. The minimum absolute atomic E-state index is 0. The van der Waals surface area contributed by atoms with E-state index in [4.69, 9.17) is 0 Å². The van der Waals surface area contributed by atoms with Gasteiger partial charge in [-0.15, -0.1) is 0 Å². The third-order valence-electron chi connectivity index (χ3n) is 5.15. The standard InChI is InChI=1S/C19H18BrN2OS2.Br2.BrH/c20-10-13-11-24-19-21(12-6-2-1-3-7-12)17(23)16-14-8-4-5-9-15(14)25-18(16)22(13)19;1-2;/h1-3,6-7,13H,4-5,8-11H2;;1H/q+1;;/p-1. The molecule has 1 aliphatic heterocycles. The maximum Gasteiger partial charge on any atom is 0.352 e. The van der Waals surface area contributed by atoms with Gasteiger partial charge in [0.05, 0.1) is 0 Å². The van der Waals surface area contributed by atoms with Crippen LogP contribution in [0.2, 0.25) is 0 Å². The lowest BCUT2D eigenvalue weighted by Crippen LogP contribution is -3.00. The van der Waals surface area contributed by atoms with Crippen LogP contribution in [0.5, 0.6) is 0 Å². The summed E-state index contributed by atoms with van der Waals surface area (Å²) in [6, 6.07) is 10.5. The molecule has 3 aromatic rings. The first-order chi connectivity index (χ1) is 13.3. The molecule has 0 fully saturated rings. The van der Waals surface area contributed by atoms with E-state index in [9.17, 15) is 4.79 Å². The molecular formula is C19H18Br4N2OS2. The Labute approximate surface area is 206 Å². The number of aromatic nitrogens is 2. The first kappa shape index (κ1) is 23.0. The number of thiophene rings is 1. The average molecular weight is 674 g/mol. The van der Waals surface area contributed by atoms with Crippen LogP contribution in [-0.2, 0) is 12.8 Å². The fourth-order valence-corrected chi connectivity index (χ4v) is 7.59. The van der Waals surface area contributed by atoms with Gasteiger partial charge in [0.1, 0.15) is 17.1 Å². The first-order valence-electron chi connectivity index (χ1n) is 8.83. The predicted octanol–water partition coefficient (Wildman–Crippen LogP) is 2.96. The third-order valence-corrected chi connectivity index (χ3v) is 8.38. The predicted molar refractivity (Wildman–Crippen MR) is 126 cm³/mol. The van der Waals surface area contributed by atoms with Crippen molar-refractivity contribution in [3.05, 3.63) is 51.1 Å². The highest BCUT2D eigenvalue weighted by molar-refractivity contribution is 9.93. The molecule has 5 rings (SSSR count). The molecule has 9 heteroatoms. The van der Waals surface area contributed by atoms with Crippen molar-refractivity contribution in [2.45, 2.75) is 36.9 Å². The van der Waals surface area contributed by atoms with Crippen LogP contribution in [0.15, 0.2) is 40.3 Å². The fourth-order valence-electron chi connectivity index (χ4n) is 3.95. The van der Waals surface area contributed by atoms with E-state index in [1.807, 2.05) is 46.2 Å². The van der Waals surface area contributed by atoms with Gasteiger partial charge in [0.15, 0.2) is 4.83 Å². The molecule has 150 valence electrons. The number of rotatable bonds is 2. The zero-order valence-corrected chi connectivity index (χ0v) is 22.8. The lowest BCUT2D eigenvalue weighted by atomic mass is 9.97. The lowest BCUT2D eigenvalue weighted by Gasteiger charge is -2.11. The Bertz CT molecular complexity index is 1040. The van der Waals surface area contributed by atoms with E-state index in [0.29, 0.717) is 6.04 Å². The molecule has 0 saturated carbocycles. The fraction of sp³-hybridized carbons (Fsp3) is 0.368. The third kappa shape index (κ3) is 3.84. The van der Waals surface area contributed by atoms with E-state index < -0.39 is 0 Å². The number of aryl methyl sites for hydroxylation is 2. The first-order valence-corrected chi connectivity index (χ1v) is 15.5. The van der Waals surface area contributed by atoms with Crippen LogP contribution < -0.4 is 27.1 Å². The molecular weight excluding hydrogens is 656 g/mol. The van der Waals surface area contributed by atoms with Crippen molar-refractivity contribution in [1.82, 2.24) is 4.57 Å². The Morgan fingerprint density at radius 2 is 1.86 bits per heavy atom. The van der Waals surface area contributed by atoms with Gasteiger partial charge in [0.25, 0.3) is 0 Å². The number of hydrogen-bond acceptors (Lipinski definition) is 3. The summed E-state index contributed by atoms with van der Waals surface area (Å²) in [6.45, 7) is 0. The Hall–Kier alpha value is 0.330. The summed E-state index contributed by atoms with van der Waals surface area (Å²) >= 11 is 12.8. The lowest BCUT2D eigenvalue weighted by molar-refractivity contribution is -0.722. The summed E-state index contributed by atoms with van der Waals surface area (Å²) in [5.41, 5.74) is 2.45. The van der Waals surface area contributed by atoms with Gasteiger partial charge in [0.2, 0.25) is 0 Å². The smallest absolute Gasteiger partial charge is 0.352 e. The minimum atomic E-state index is 0. The average Bonchev–Trinajstić information content (AvgIpc) is 3.32.